The molecular weight excluding hydrogens is 418 g/mol. The van der Waals surface area contributed by atoms with Gasteiger partial charge in [-0.3, -0.25) is 4.79 Å². The Morgan fingerprint density at radius 1 is 0.935 bits per heavy atom. The second kappa shape index (κ2) is 9.10. The first-order valence-corrected chi connectivity index (χ1v) is 10.2. The first kappa shape index (κ1) is 20.8. The molecule has 6 nitrogen and oxygen atoms in total. The Balaban J connectivity index is 1.53. The SMILES string of the molecule is O=C(O)c1cc(OCc2ccccc2)cc(Oc2ccc(C(=O)N3CCC3)cc2Cl)c1. The minimum atomic E-state index is -1.10. The number of carboxylic acid groups (broad SMARTS) is 1. The van der Waals surface area contributed by atoms with Crippen molar-refractivity contribution in [3.05, 3.63) is 88.4 Å². The second-order valence-corrected chi connectivity index (χ2v) is 7.57. The maximum Gasteiger partial charge on any atom is 0.335 e. The molecule has 0 saturated carbocycles. The predicted octanol–water partition coefficient (Wildman–Crippen LogP) is 5.26. The summed E-state index contributed by atoms with van der Waals surface area (Å²) >= 11 is 6.33. The average molecular weight is 438 g/mol. The molecule has 1 heterocycles. The van der Waals surface area contributed by atoms with Crippen LogP contribution in [0, 0.1) is 0 Å². The number of nitrogens with zero attached hydrogens (tertiary/aromatic N) is 1. The molecule has 1 N–H and O–H groups in total. The van der Waals surface area contributed by atoms with E-state index in [-0.39, 0.29) is 28.8 Å². The van der Waals surface area contributed by atoms with Gasteiger partial charge in [-0.05, 0) is 42.3 Å². The van der Waals surface area contributed by atoms with E-state index in [1.165, 1.54) is 12.1 Å². The van der Waals surface area contributed by atoms with E-state index in [0.29, 0.717) is 17.1 Å². The Morgan fingerprint density at radius 2 is 1.68 bits per heavy atom. The maximum absolute atomic E-state index is 12.3. The van der Waals surface area contributed by atoms with E-state index in [9.17, 15) is 14.7 Å². The molecular formula is C24H20ClNO5. The van der Waals surface area contributed by atoms with Crippen LogP contribution in [0.15, 0.2) is 66.7 Å². The Labute approximate surface area is 184 Å². The Kier molecular flexibility index (Phi) is 6.09. The molecule has 1 saturated heterocycles. The topological polar surface area (TPSA) is 76.1 Å². The number of carbonyl (C=O) groups excluding carboxylic acids is 1. The fraction of sp³-hybridized carbons (Fsp3) is 0.167. The van der Waals surface area contributed by atoms with E-state index in [4.69, 9.17) is 21.1 Å². The average Bonchev–Trinajstić information content (AvgIpc) is 2.73. The molecule has 0 aromatic heterocycles. The van der Waals surface area contributed by atoms with Gasteiger partial charge in [0.15, 0.2) is 0 Å². The molecule has 1 aliphatic heterocycles. The van der Waals surface area contributed by atoms with Gasteiger partial charge in [-0.15, -0.1) is 0 Å². The molecule has 7 heteroatoms. The molecule has 1 aliphatic rings. The molecule has 0 aliphatic carbocycles. The largest absolute Gasteiger partial charge is 0.489 e. The molecule has 1 fully saturated rings. The zero-order chi connectivity index (χ0) is 21.8. The van der Waals surface area contributed by atoms with Gasteiger partial charge in [0.05, 0.1) is 10.6 Å². The first-order valence-electron chi connectivity index (χ1n) is 9.81. The molecule has 3 aromatic carbocycles. The molecule has 31 heavy (non-hydrogen) atoms. The fourth-order valence-electron chi connectivity index (χ4n) is 3.12. The first-order chi connectivity index (χ1) is 15.0. The molecule has 0 spiro atoms. The van der Waals surface area contributed by atoms with E-state index >= 15 is 0 Å². The lowest BCUT2D eigenvalue weighted by Gasteiger charge is -2.31. The van der Waals surface area contributed by atoms with Crippen LogP contribution in [0.25, 0.3) is 0 Å². The highest BCUT2D eigenvalue weighted by Gasteiger charge is 2.22. The van der Waals surface area contributed by atoms with Crippen molar-refractivity contribution < 1.29 is 24.2 Å². The lowest BCUT2D eigenvalue weighted by molar-refractivity contribution is 0.0650. The molecule has 0 radical (unpaired) electrons. The van der Waals surface area contributed by atoms with Crippen LogP contribution in [0.2, 0.25) is 5.02 Å². The maximum atomic E-state index is 12.3. The number of carbonyl (C=O) groups is 2. The van der Waals surface area contributed by atoms with E-state index < -0.39 is 5.97 Å². The predicted molar refractivity (Wildman–Crippen MR) is 116 cm³/mol. The van der Waals surface area contributed by atoms with Crippen LogP contribution in [0.3, 0.4) is 0 Å². The molecule has 0 atom stereocenters. The zero-order valence-corrected chi connectivity index (χ0v) is 17.3. The van der Waals surface area contributed by atoms with Crippen molar-refractivity contribution in [3.63, 3.8) is 0 Å². The smallest absolute Gasteiger partial charge is 0.335 e. The molecule has 4 rings (SSSR count). The van der Waals surface area contributed by atoms with Crippen molar-refractivity contribution in [2.75, 3.05) is 13.1 Å². The standard InChI is InChI=1S/C24H20ClNO5/c25-21-13-17(23(27)26-9-4-10-26)7-8-22(21)31-20-12-18(24(28)29)11-19(14-20)30-15-16-5-2-1-3-6-16/h1-3,5-8,11-14H,4,9-10,15H2,(H,28,29). The molecule has 0 bridgehead atoms. The summed E-state index contributed by atoms with van der Waals surface area (Å²) < 4.78 is 11.6. The minimum absolute atomic E-state index is 0.0289. The summed E-state index contributed by atoms with van der Waals surface area (Å²) in [6, 6.07) is 18.8. The van der Waals surface area contributed by atoms with Crippen molar-refractivity contribution >= 4 is 23.5 Å². The number of carboxylic acids is 1. The number of halogens is 1. The van der Waals surface area contributed by atoms with Crippen molar-refractivity contribution in [1.82, 2.24) is 4.90 Å². The molecule has 0 unspecified atom stereocenters. The molecule has 158 valence electrons. The highest BCUT2D eigenvalue weighted by atomic mass is 35.5. The van der Waals surface area contributed by atoms with Gasteiger partial charge in [-0.2, -0.15) is 0 Å². The summed E-state index contributed by atoms with van der Waals surface area (Å²) in [6.45, 7) is 1.79. The van der Waals surface area contributed by atoms with Crippen LogP contribution >= 0.6 is 11.6 Å². The van der Waals surface area contributed by atoms with Crippen molar-refractivity contribution in [3.8, 4) is 17.2 Å². The van der Waals surface area contributed by atoms with E-state index in [1.54, 1.807) is 29.2 Å². The van der Waals surface area contributed by atoms with Crippen LogP contribution in [-0.2, 0) is 6.61 Å². The number of rotatable bonds is 7. The summed E-state index contributed by atoms with van der Waals surface area (Å²) in [6.07, 6.45) is 1.01. The third-order valence-corrected chi connectivity index (χ3v) is 5.22. The van der Waals surface area contributed by atoms with Gasteiger partial charge >= 0.3 is 5.97 Å². The number of likely N-dealkylation sites (tertiary alicyclic amines) is 1. The second-order valence-electron chi connectivity index (χ2n) is 7.17. The van der Waals surface area contributed by atoms with Crippen molar-refractivity contribution in [1.29, 1.82) is 0 Å². The fourth-order valence-corrected chi connectivity index (χ4v) is 3.34. The van der Waals surface area contributed by atoms with E-state index in [2.05, 4.69) is 0 Å². The Morgan fingerprint density at radius 3 is 2.32 bits per heavy atom. The zero-order valence-electron chi connectivity index (χ0n) is 16.6. The third-order valence-electron chi connectivity index (χ3n) is 4.93. The normalized spacial score (nSPS) is 12.7. The number of ether oxygens (including phenoxy) is 2. The number of aromatic carboxylic acids is 1. The molecule has 3 aromatic rings. The quantitative estimate of drug-likeness (QED) is 0.546. The molecule has 1 amide bonds. The van der Waals surface area contributed by atoms with E-state index in [1.807, 2.05) is 30.3 Å². The van der Waals surface area contributed by atoms with Gasteiger partial charge < -0.3 is 19.5 Å². The summed E-state index contributed by atoms with van der Waals surface area (Å²) in [5.41, 5.74) is 1.47. The van der Waals surface area contributed by atoms with Gasteiger partial charge in [0.2, 0.25) is 0 Å². The van der Waals surface area contributed by atoms with Crippen LogP contribution < -0.4 is 9.47 Å². The lowest BCUT2D eigenvalue weighted by Crippen LogP contribution is -2.41. The highest BCUT2D eigenvalue weighted by molar-refractivity contribution is 6.32. The van der Waals surface area contributed by atoms with Gasteiger partial charge in [0, 0.05) is 24.7 Å². The van der Waals surface area contributed by atoms with Crippen LogP contribution in [0.5, 0.6) is 17.2 Å². The van der Waals surface area contributed by atoms with Crippen LogP contribution in [0.1, 0.15) is 32.7 Å². The summed E-state index contributed by atoms with van der Waals surface area (Å²) in [7, 11) is 0. The lowest BCUT2D eigenvalue weighted by atomic mass is 10.1. The number of benzene rings is 3. The van der Waals surface area contributed by atoms with Gasteiger partial charge in [0.1, 0.15) is 23.9 Å². The van der Waals surface area contributed by atoms with Crippen LogP contribution in [-0.4, -0.2) is 35.0 Å². The van der Waals surface area contributed by atoms with Crippen molar-refractivity contribution in [2.45, 2.75) is 13.0 Å². The summed E-state index contributed by atoms with van der Waals surface area (Å²) in [5, 5.41) is 9.70. The van der Waals surface area contributed by atoms with Gasteiger partial charge in [0.25, 0.3) is 5.91 Å². The van der Waals surface area contributed by atoms with Gasteiger partial charge in [-0.25, -0.2) is 4.79 Å². The third kappa shape index (κ3) is 4.98. The minimum Gasteiger partial charge on any atom is -0.489 e. The summed E-state index contributed by atoms with van der Waals surface area (Å²) in [5.74, 6) is -0.217. The Hall–Kier alpha value is -3.51. The van der Waals surface area contributed by atoms with E-state index in [0.717, 1.165) is 25.1 Å². The van der Waals surface area contributed by atoms with Gasteiger partial charge in [-0.1, -0.05) is 41.9 Å². The Bertz CT molecular complexity index is 1110. The van der Waals surface area contributed by atoms with Crippen molar-refractivity contribution in [2.24, 2.45) is 0 Å². The van der Waals surface area contributed by atoms with Crippen LogP contribution in [0.4, 0.5) is 0 Å². The highest BCUT2D eigenvalue weighted by Crippen LogP contribution is 2.33. The number of hydrogen-bond acceptors (Lipinski definition) is 4. The number of hydrogen-bond donors (Lipinski definition) is 1. The number of amides is 1. The summed E-state index contributed by atoms with van der Waals surface area (Å²) in [4.78, 5) is 25.6. The monoisotopic (exact) mass is 437 g/mol.